The quantitative estimate of drug-likeness (QED) is 0.267. The van der Waals surface area contributed by atoms with Gasteiger partial charge in [-0.15, -0.1) is 0 Å². The van der Waals surface area contributed by atoms with Gasteiger partial charge >= 0.3 is 0 Å². The number of hydrogen-bond donors (Lipinski definition) is 1. The molecule has 1 N–H and O–H groups in total. The Balaban J connectivity index is 1.43. The van der Waals surface area contributed by atoms with Gasteiger partial charge in [-0.25, -0.2) is 4.39 Å². The minimum atomic E-state index is -1.85. The highest BCUT2D eigenvalue weighted by molar-refractivity contribution is 6.74. The maximum atomic E-state index is 14.7. The van der Waals surface area contributed by atoms with E-state index in [1.54, 1.807) is 6.07 Å². The van der Waals surface area contributed by atoms with Crippen molar-refractivity contribution in [2.24, 2.45) is 0 Å². The van der Waals surface area contributed by atoms with E-state index in [0.717, 1.165) is 96.6 Å². The van der Waals surface area contributed by atoms with Crippen LogP contribution in [0.3, 0.4) is 0 Å². The molecule has 236 valence electrons. The average Bonchev–Trinajstić information content (AvgIpc) is 2.97. The number of anilines is 2. The molecule has 2 aliphatic rings. The summed E-state index contributed by atoms with van der Waals surface area (Å²) in [5.74, 6) is 0.0423. The highest BCUT2D eigenvalue weighted by Crippen LogP contribution is 2.40. The number of nitrogens with one attached hydrogen (secondary N) is 1. The Morgan fingerprint density at radius 1 is 1.09 bits per heavy atom. The van der Waals surface area contributed by atoms with Gasteiger partial charge < -0.3 is 19.4 Å². The second-order valence-electron chi connectivity index (χ2n) is 14.3. The Morgan fingerprint density at radius 3 is 2.41 bits per heavy atom. The van der Waals surface area contributed by atoms with Crippen molar-refractivity contribution in [3.05, 3.63) is 64.1 Å². The molecule has 2 saturated heterocycles. The number of benzene rings is 2. The van der Waals surface area contributed by atoms with E-state index in [4.69, 9.17) is 14.1 Å². The van der Waals surface area contributed by atoms with Crippen LogP contribution in [0.2, 0.25) is 18.1 Å². The summed E-state index contributed by atoms with van der Waals surface area (Å²) in [6, 6.07) is 11.7. The van der Waals surface area contributed by atoms with Gasteiger partial charge in [0.25, 0.3) is 0 Å². The van der Waals surface area contributed by atoms with Crippen LogP contribution in [0.1, 0.15) is 93.3 Å². The third-order valence-corrected chi connectivity index (χ3v) is 14.6. The minimum absolute atomic E-state index is 0.120. The first-order valence-electron chi connectivity index (χ1n) is 16.2. The standard InChI is InChI=1S/C36H49FN4O2Si/c1-23-19-29(35-30(20-23)31(22-38)24(2)34(40-35)26-13-17-42-18-14-26)25(3)39-32-10-9-27(37)21-33(32)41-15-11-28(12-16-41)43-44(7,8)36(4,5)6/h9-10,19-21,25-26,28,39H,11-18H2,1-8H3/t25-/m1/s1. The van der Waals surface area contributed by atoms with Crippen LogP contribution in [0.25, 0.3) is 10.9 Å². The van der Waals surface area contributed by atoms with Gasteiger partial charge in [0, 0.05) is 55.0 Å². The van der Waals surface area contributed by atoms with Crippen LogP contribution in [-0.4, -0.2) is 45.7 Å². The number of hydrogen-bond acceptors (Lipinski definition) is 6. The van der Waals surface area contributed by atoms with E-state index in [9.17, 15) is 9.65 Å². The summed E-state index contributed by atoms with van der Waals surface area (Å²) in [7, 11) is -1.85. The van der Waals surface area contributed by atoms with E-state index in [1.165, 1.54) is 6.07 Å². The third-order valence-electron chi connectivity index (χ3n) is 10.1. The van der Waals surface area contributed by atoms with Gasteiger partial charge in [0.05, 0.1) is 28.5 Å². The number of rotatable bonds is 7. The molecule has 44 heavy (non-hydrogen) atoms. The molecule has 2 aromatic carbocycles. The molecule has 0 unspecified atom stereocenters. The maximum Gasteiger partial charge on any atom is 0.192 e. The fraction of sp³-hybridized carbons (Fsp3) is 0.556. The predicted molar refractivity (Wildman–Crippen MR) is 181 cm³/mol. The van der Waals surface area contributed by atoms with Crippen LogP contribution in [-0.2, 0) is 9.16 Å². The zero-order valence-electron chi connectivity index (χ0n) is 27.8. The molecule has 8 heteroatoms. The highest BCUT2D eigenvalue weighted by atomic mass is 28.4. The van der Waals surface area contributed by atoms with Gasteiger partial charge in [-0.05, 0) is 100.0 Å². The monoisotopic (exact) mass is 616 g/mol. The topological polar surface area (TPSA) is 70.4 Å². The van der Waals surface area contributed by atoms with Crippen molar-refractivity contribution in [2.75, 3.05) is 36.5 Å². The van der Waals surface area contributed by atoms with Crippen molar-refractivity contribution >= 4 is 30.6 Å². The molecule has 5 rings (SSSR count). The van der Waals surface area contributed by atoms with Crippen molar-refractivity contribution in [3.8, 4) is 6.07 Å². The van der Waals surface area contributed by atoms with Crippen molar-refractivity contribution in [1.29, 1.82) is 5.26 Å². The lowest BCUT2D eigenvalue weighted by molar-refractivity contribution is 0.0844. The molecular weight excluding hydrogens is 568 g/mol. The average molecular weight is 617 g/mol. The summed E-state index contributed by atoms with van der Waals surface area (Å²) < 4.78 is 27.0. The number of aromatic nitrogens is 1. The van der Waals surface area contributed by atoms with Crippen molar-refractivity contribution in [3.63, 3.8) is 0 Å². The molecule has 2 fully saturated rings. The van der Waals surface area contributed by atoms with E-state index in [0.29, 0.717) is 5.56 Å². The van der Waals surface area contributed by atoms with E-state index in [2.05, 4.69) is 76.1 Å². The SMILES string of the molecule is Cc1cc([C@@H](C)Nc2ccc(F)cc2N2CCC(O[Si](C)(C)C(C)(C)C)CC2)c2nc(C3CCOCC3)c(C)c(C#N)c2c1. The third kappa shape index (κ3) is 6.66. The zero-order chi connectivity index (χ0) is 31.8. The number of nitriles is 1. The van der Waals surface area contributed by atoms with Crippen LogP contribution >= 0.6 is 0 Å². The van der Waals surface area contributed by atoms with Gasteiger partial charge in [-0.2, -0.15) is 5.26 Å². The number of nitrogens with zero attached hydrogens (tertiary/aromatic N) is 3. The Kier molecular flexibility index (Phi) is 9.41. The number of fused-ring (bicyclic) bond motifs is 1. The van der Waals surface area contributed by atoms with E-state index >= 15 is 0 Å². The fourth-order valence-corrected chi connectivity index (χ4v) is 7.93. The van der Waals surface area contributed by atoms with Gasteiger partial charge in [0.2, 0.25) is 0 Å². The fourth-order valence-electron chi connectivity index (χ4n) is 6.51. The second-order valence-corrected chi connectivity index (χ2v) is 19.1. The summed E-state index contributed by atoms with van der Waals surface area (Å²) >= 11 is 0. The largest absolute Gasteiger partial charge is 0.414 e. The number of piperidine rings is 1. The first-order chi connectivity index (χ1) is 20.8. The normalized spacial score (nSPS) is 18.0. The second kappa shape index (κ2) is 12.8. The highest BCUT2D eigenvalue weighted by Gasteiger charge is 2.40. The lowest BCUT2D eigenvalue weighted by atomic mass is 9.88. The summed E-state index contributed by atoms with van der Waals surface area (Å²) in [5.41, 5.74) is 7.47. The van der Waals surface area contributed by atoms with Gasteiger partial charge in [0.15, 0.2) is 8.32 Å². The van der Waals surface area contributed by atoms with E-state index < -0.39 is 8.32 Å². The summed E-state index contributed by atoms with van der Waals surface area (Å²) in [4.78, 5) is 7.55. The Hall–Kier alpha value is -2.99. The Labute approximate surface area is 264 Å². The summed E-state index contributed by atoms with van der Waals surface area (Å²) in [6.45, 7) is 20.8. The molecule has 0 radical (unpaired) electrons. The predicted octanol–water partition coefficient (Wildman–Crippen LogP) is 8.92. The lowest BCUT2D eigenvalue weighted by Crippen LogP contribution is -2.47. The molecule has 0 bridgehead atoms. The lowest BCUT2D eigenvalue weighted by Gasteiger charge is -2.42. The van der Waals surface area contributed by atoms with Crippen LogP contribution in [0, 0.1) is 31.0 Å². The van der Waals surface area contributed by atoms with Crippen LogP contribution < -0.4 is 10.2 Å². The molecule has 0 aliphatic carbocycles. The molecule has 0 saturated carbocycles. The maximum absolute atomic E-state index is 14.7. The van der Waals surface area contributed by atoms with Crippen LogP contribution in [0.15, 0.2) is 30.3 Å². The van der Waals surface area contributed by atoms with Gasteiger partial charge in [-0.3, -0.25) is 4.98 Å². The van der Waals surface area contributed by atoms with Gasteiger partial charge in [0.1, 0.15) is 11.9 Å². The van der Waals surface area contributed by atoms with Crippen molar-refractivity contribution in [2.45, 2.75) is 103 Å². The Morgan fingerprint density at radius 2 is 1.77 bits per heavy atom. The van der Waals surface area contributed by atoms with Crippen LogP contribution in [0.4, 0.5) is 15.8 Å². The number of pyridine rings is 1. The molecule has 1 aromatic heterocycles. The molecule has 3 aromatic rings. The number of aryl methyl sites for hydroxylation is 1. The number of ether oxygens (including phenoxy) is 1. The first kappa shape index (κ1) is 32.4. The number of halogens is 1. The molecule has 3 heterocycles. The summed E-state index contributed by atoms with van der Waals surface area (Å²) in [5, 5.41) is 15.0. The molecule has 6 nitrogen and oxygen atoms in total. The summed E-state index contributed by atoms with van der Waals surface area (Å²) in [6.07, 6.45) is 3.92. The van der Waals surface area contributed by atoms with E-state index in [-0.39, 0.29) is 28.9 Å². The molecular formula is C36H49FN4O2Si. The Bertz CT molecular complexity index is 1550. The van der Waals surface area contributed by atoms with E-state index in [1.807, 2.05) is 13.0 Å². The van der Waals surface area contributed by atoms with Gasteiger partial charge in [-0.1, -0.05) is 26.8 Å². The molecule has 2 aliphatic heterocycles. The van der Waals surface area contributed by atoms with Crippen LogP contribution in [0.5, 0.6) is 0 Å². The molecule has 0 spiro atoms. The van der Waals surface area contributed by atoms with Crippen molar-refractivity contribution in [1.82, 2.24) is 4.98 Å². The zero-order valence-corrected chi connectivity index (χ0v) is 28.8. The molecule has 1 atom stereocenters. The first-order valence-corrected chi connectivity index (χ1v) is 19.1. The molecule has 0 amide bonds. The van der Waals surface area contributed by atoms with Crippen molar-refractivity contribution < 1.29 is 13.6 Å². The minimum Gasteiger partial charge on any atom is -0.414 e. The smallest absolute Gasteiger partial charge is 0.192 e.